The molecule has 1 amide bonds. The van der Waals surface area contributed by atoms with Gasteiger partial charge in [0, 0.05) is 30.1 Å². The minimum absolute atomic E-state index is 0.0228. The normalized spacial score (nSPS) is 15.5. The van der Waals surface area contributed by atoms with E-state index in [-0.39, 0.29) is 23.3 Å². The van der Waals surface area contributed by atoms with Crippen molar-refractivity contribution in [2.75, 3.05) is 33.4 Å². The lowest BCUT2D eigenvalue weighted by Gasteiger charge is -2.35. The van der Waals surface area contributed by atoms with Crippen LogP contribution in [0, 0.1) is 0 Å². The van der Waals surface area contributed by atoms with E-state index in [4.69, 9.17) is 9.47 Å². The Balaban J connectivity index is 1.30. The van der Waals surface area contributed by atoms with E-state index in [1.54, 1.807) is 7.11 Å². The van der Waals surface area contributed by atoms with Crippen LogP contribution in [0.3, 0.4) is 0 Å². The molecule has 0 aliphatic carbocycles. The molecule has 1 heterocycles. The summed E-state index contributed by atoms with van der Waals surface area (Å²) in [6, 6.07) is 26.2. The highest BCUT2D eigenvalue weighted by Gasteiger charge is 2.33. The number of rotatable bonds is 14. The molecule has 224 valence electrons. The number of hydrogen-bond acceptors (Lipinski definition) is 5. The number of carbonyl (C=O) groups excluding carboxylic acids is 2. The molecule has 0 bridgehead atoms. The summed E-state index contributed by atoms with van der Waals surface area (Å²) < 4.78 is 10.8. The van der Waals surface area contributed by atoms with E-state index >= 15 is 0 Å². The van der Waals surface area contributed by atoms with E-state index in [0.717, 1.165) is 75.0 Å². The van der Waals surface area contributed by atoms with E-state index in [2.05, 4.69) is 41.4 Å². The number of amides is 1. The average Bonchev–Trinajstić information content (AvgIpc) is 3.04. The molecular formula is C36H46N2O4. The van der Waals surface area contributed by atoms with Crippen molar-refractivity contribution in [3.05, 3.63) is 90.0 Å². The summed E-state index contributed by atoms with van der Waals surface area (Å²) in [5, 5.41) is 3.30. The lowest BCUT2D eigenvalue weighted by Crippen LogP contribution is -2.45. The highest BCUT2D eigenvalue weighted by atomic mass is 16.5. The quantitative estimate of drug-likeness (QED) is 0.211. The maximum Gasteiger partial charge on any atom is 0.306 e. The number of nitrogens with zero attached hydrogens (tertiary/aromatic N) is 1. The van der Waals surface area contributed by atoms with Crippen LogP contribution >= 0.6 is 0 Å². The van der Waals surface area contributed by atoms with Crippen LogP contribution in [0.5, 0.6) is 5.75 Å². The highest BCUT2D eigenvalue weighted by Crippen LogP contribution is 2.37. The van der Waals surface area contributed by atoms with Gasteiger partial charge in [-0.05, 0) is 80.0 Å². The molecule has 3 aromatic carbocycles. The summed E-state index contributed by atoms with van der Waals surface area (Å²) in [7, 11) is 1.65. The van der Waals surface area contributed by atoms with E-state index < -0.39 is 0 Å². The van der Waals surface area contributed by atoms with Gasteiger partial charge in [0.05, 0.1) is 20.1 Å². The first-order chi connectivity index (χ1) is 20.5. The second-order valence-electron chi connectivity index (χ2n) is 11.4. The molecule has 1 saturated heterocycles. The SMILES string of the molecule is CCCOC(=O)CC(CC)(CCCN1CCC(NC(=O)c2ccccc2-c2ccc(OC)cc2)CC1)c1ccccc1. The summed E-state index contributed by atoms with van der Waals surface area (Å²) in [5.74, 6) is 0.667. The van der Waals surface area contributed by atoms with Crippen molar-refractivity contribution >= 4 is 11.9 Å². The van der Waals surface area contributed by atoms with Gasteiger partial charge in [-0.2, -0.15) is 0 Å². The molecule has 1 unspecified atom stereocenters. The zero-order valence-electron chi connectivity index (χ0n) is 25.4. The van der Waals surface area contributed by atoms with Crippen LogP contribution in [0.4, 0.5) is 0 Å². The highest BCUT2D eigenvalue weighted by molar-refractivity contribution is 6.01. The van der Waals surface area contributed by atoms with Crippen molar-refractivity contribution in [1.29, 1.82) is 0 Å². The molecule has 1 aliphatic heterocycles. The van der Waals surface area contributed by atoms with Crippen molar-refractivity contribution < 1.29 is 19.1 Å². The minimum Gasteiger partial charge on any atom is -0.497 e. The molecule has 0 radical (unpaired) electrons. The van der Waals surface area contributed by atoms with Gasteiger partial charge in [0.1, 0.15) is 5.75 Å². The van der Waals surface area contributed by atoms with Crippen LogP contribution < -0.4 is 10.1 Å². The Kier molecular flexibility index (Phi) is 11.6. The molecule has 0 spiro atoms. The van der Waals surface area contributed by atoms with Gasteiger partial charge in [0.2, 0.25) is 0 Å². The molecule has 1 N–H and O–H groups in total. The van der Waals surface area contributed by atoms with Crippen LogP contribution in [0.1, 0.15) is 74.7 Å². The average molecular weight is 571 g/mol. The van der Waals surface area contributed by atoms with Gasteiger partial charge in [0.25, 0.3) is 5.91 Å². The lowest BCUT2D eigenvalue weighted by molar-refractivity contribution is -0.145. The van der Waals surface area contributed by atoms with Gasteiger partial charge < -0.3 is 19.7 Å². The smallest absolute Gasteiger partial charge is 0.306 e. The number of benzene rings is 3. The van der Waals surface area contributed by atoms with E-state index in [1.165, 1.54) is 5.56 Å². The van der Waals surface area contributed by atoms with Crippen LogP contribution in [0.15, 0.2) is 78.9 Å². The number of likely N-dealkylation sites (tertiary alicyclic amines) is 1. The van der Waals surface area contributed by atoms with Crippen LogP contribution in [-0.2, 0) is 14.9 Å². The number of nitrogens with one attached hydrogen (secondary N) is 1. The fraction of sp³-hybridized carbons (Fsp3) is 0.444. The predicted octanol–water partition coefficient (Wildman–Crippen LogP) is 7.03. The number of esters is 1. The second-order valence-corrected chi connectivity index (χ2v) is 11.4. The molecule has 1 atom stereocenters. The number of methoxy groups -OCH3 is 1. The third kappa shape index (κ3) is 8.22. The van der Waals surface area contributed by atoms with Crippen molar-refractivity contribution in [3.8, 4) is 16.9 Å². The fourth-order valence-corrected chi connectivity index (χ4v) is 6.08. The van der Waals surface area contributed by atoms with Crippen molar-refractivity contribution in [2.24, 2.45) is 0 Å². The number of carbonyl (C=O) groups is 2. The molecule has 4 rings (SSSR count). The Labute approximate surface area is 251 Å². The first kappa shape index (κ1) is 31.3. The molecule has 1 fully saturated rings. The van der Waals surface area contributed by atoms with Crippen LogP contribution in [0.25, 0.3) is 11.1 Å². The van der Waals surface area contributed by atoms with Gasteiger partial charge in [-0.3, -0.25) is 9.59 Å². The zero-order chi connectivity index (χ0) is 29.8. The number of ether oxygens (including phenoxy) is 2. The van der Waals surface area contributed by atoms with Crippen molar-refractivity contribution in [3.63, 3.8) is 0 Å². The standard InChI is InChI=1S/C36H46N2O4/c1-4-26-42-34(39)27-36(5-2,29-12-7-6-8-13-29)22-11-23-38-24-20-30(21-25-38)37-35(40)33-15-10-9-14-32(33)28-16-18-31(41-3)19-17-28/h6-10,12-19,30H,4-5,11,20-27H2,1-3H3,(H,37,40). The van der Waals surface area contributed by atoms with E-state index in [0.29, 0.717) is 18.6 Å². The molecule has 0 saturated carbocycles. The maximum atomic E-state index is 13.3. The van der Waals surface area contributed by atoms with Crippen LogP contribution in [0.2, 0.25) is 0 Å². The second kappa shape index (κ2) is 15.5. The van der Waals surface area contributed by atoms with Gasteiger partial charge in [-0.15, -0.1) is 0 Å². The molecule has 0 aromatic heterocycles. The summed E-state index contributed by atoms with van der Waals surface area (Å²) in [4.78, 5) is 28.5. The fourth-order valence-electron chi connectivity index (χ4n) is 6.08. The third-order valence-electron chi connectivity index (χ3n) is 8.64. The van der Waals surface area contributed by atoms with Gasteiger partial charge >= 0.3 is 5.97 Å². The molecule has 1 aliphatic rings. The Bertz CT molecular complexity index is 1270. The van der Waals surface area contributed by atoms with Crippen LogP contribution in [-0.4, -0.2) is 56.2 Å². The Morgan fingerprint density at radius 1 is 0.929 bits per heavy atom. The Hall–Kier alpha value is -3.64. The Morgan fingerprint density at radius 2 is 1.62 bits per heavy atom. The molecule has 6 heteroatoms. The zero-order valence-corrected chi connectivity index (χ0v) is 25.4. The first-order valence-corrected chi connectivity index (χ1v) is 15.5. The topological polar surface area (TPSA) is 67.9 Å². The summed E-state index contributed by atoms with van der Waals surface area (Å²) >= 11 is 0. The van der Waals surface area contributed by atoms with Gasteiger partial charge in [0.15, 0.2) is 0 Å². The molecule has 6 nitrogen and oxygen atoms in total. The van der Waals surface area contributed by atoms with Gasteiger partial charge in [-0.1, -0.05) is 74.5 Å². The van der Waals surface area contributed by atoms with Gasteiger partial charge in [-0.25, -0.2) is 0 Å². The monoisotopic (exact) mass is 570 g/mol. The largest absolute Gasteiger partial charge is 0.497 e. The molecule has 3 aromatic rings. The Morgan fingerprint density at radius 3 is 2.29 bits per heavy atom. The number of piperidine rings is 1. The molecular weight excluding hydrogens is 524 g/mol. The van der Waals surface area contributed by atoms with E-state index in [1.807, 2.05) is 61.5 Å². The van der Waals surface area contributed by atoms with Crippen molar-refractivity contribution in [1.82, 2.24) is 10.2 Å². The lowest BCUT2D eigenvalue weighted by atomic mass is 9.72. The predicted molar refractivity (Wildman–Crippen MR) is 169 cm³/mol. The minimum atomic E-state index is -0.213. The first-order valence-electron chi connectivity index (χ1n) is 15.5. The summed E-state index contributed by atoms with van der Waals surface area (Å²) in [6.45, 7) is 7.57. The summed E-state index contributed by atoms with van der Waals surface area (Å²) in [6.07, 6.45) is 5.95. The third-order valence-corrected chi connectivity index (χ3v) is 8.64. The molecule has 42 heavy (non-hydrogen) atoms. The maximum absolute atomic E-state index is 13.3. The summed E-state index contributed by atoms with van der Waals surface area (Å²) in [5.41, 5.74) is 3.62. The van der Waals surface area contributed by atoms with E-state index in [9.17, 15) is 9.59 Å². The number of hydrogen-bond donors (Lipinski definition) is 1. The van der Waals surface area contributed by atoms with Crippen molar-refractivity contribution in [2.45, 2.75) is 70.3 Å².